The summed E-state index contributed by atoms with van der Waals surface area (Å²) < 4.78 is 10.3. The predicted molar refractivity (Wildman–Crippen MR) is 79.2 cm³/mol. The van der Waals surface area contributed by atoms with E-state index < -0.39 is 0 Å². The van der Waals surface area contributed by atoms with E-state index in [1.54, 1.807) is 19.4 Å². The van der Waals surface area contributed by atoms with Crippen LogP contribution in [0.1, 0.15) is 18.4 Å². The molecule has 7 heteroatoms. The van der Waals surface area contributed by atoms with Crippen molar-refractivity contribution in [1.82, 2.24) is 15.6 Å². The molecule has 120 valence electrons. The van der Waals surface area contributed by atoms with Gasteiger partial charge in [0.15, 0.2) is 0 Å². The molecular formula is C15H21N3O4. The molecule has 1 fully saturated rings. The first kappa shape index (κ1) is 16.2. The lowest BCUT2D eigenvalue weighted by Crippen LogP contribution is -2.42. The van der Waals surface area contributed by atoms with E-state index in [9.17, 15) is 9.59 Å². The van der Waals surface area contributed by atoms with Gasteiger partial charge in [0.05, 0.1) is 12.5 Å². The number of hydrogen-bond acceptors (Lipinski definition) is 5. The number of rotatable bonds is 7. The molecule has 2 amide bonds. The zero-order valence-corrected chi connectivity index (χ0v) is 12.6. The second-order valence-corrected chi connectivity index (χ2v) is 5.10. The molecule has 0 bridgehead atoms. The van der Waals surface area contributed by atoms with Gasteiger partial charge in [0.1, 0.15) is 6.61 Å². The van der Waals surface area contributed by atoms with Gasteiger partial charge in [-0.15, -0.1) is 0 Å². The third kappa shape index (κ3) is 5.00. The monoisotopic (exact) mass is 307 g/mol. The zero-order valence-electron chi connectivity index (χ0n) is 12.6. The molecule has 0 aromatic carbocycles. The lowest BCUT2D eigenvalue weighted by molar-refractivity contribution is -0.129. The van der Waals surface area contributed by atoms with E-state index in [-0.39, 0.29) is 17.7 Å². The number of carbonyl (C=O) groups is 2. The number of piperidine rings is 1. The topological polar surface area (TPSA) is 89.5 Å². The van der Waals surface area contributed by atoms with Gasteiger partial charge in [0.2, 0.25) is 17.7 Å². The van der Waals surface area contributed by atoms with Crippen LogP contribution in [0.15, 0.2) is 18.3 Å². The number of carbonyl (C=O) groups excluding carboxylic acids is 2. The third-order valence-corrected chi connectivity index (χ3v) is 3.44. The quantitative estimate of drug-likeness (QED) is 0.705. The second kappa shape index (κ2) is 8.33. The van der Waals surface area contributed by atoms with E-state index in [1.165, 1.54) is 0 Å². The minimum absolute atomic E-state index is 0.0114. The van der Waals surface area contributed by atoms with Crippen molar-refractivity contribution in [2.75, 3.05) is 26.9 Å². The van der Waals surface area contributed by atoms with Crippen LogP contribution in [0.3, 0.4) is 0 Å². The molecule has 0 unspecified atom stereocenters. The average molecular weight is 307 g/mol. The van der Waals surface area contributed by atoms with Crippen molar-refractivity contribution in [3.63, 3.8) is 0 Å². The molecule has 7 nitrogen and oxygen atoms in total. The highest BCUT2D eigenvalue weighted by Gasteiger charge is 2.23. The van der Waals surface area contributed by atoms with E-state index in [0.29, 0.717) is 45.0 Å². The number of aromatic nitrogens is 1. The van der Waals surface area contributed by atoms with Crippen LogP contribution in [0.2, 0.25) is 0 Å². The summed E-state index contributed by atoms with van der Waals surface area (Å²) in [7, 11) is 1.61. The van der Waals surface area contributed by atoms with Gasteiger partial charge in [-0.1, -0.05) is 6.07 Å². The van der Waals surface area contributed by atoms with Crippen LogP contribution in [-0.4, -0.2) is 43.7 Å². The Balaban J connectivity index is 1.74. The highest BCUT2D eigenvalue weighted by atomic mass is 16.5. The normalized spacial score (nSPS) is 17.7. The summed E-state index contributed by atoms with van der Waals surface area (Å²) in [6.07, 6.45) is 2.68. The Kier molecular flexibility index (Phi) is 6.14. The van der Waals surface area contributed by atoms with Crippen molar-refractivity contribution >= 4 is 11.8 Å². The Bertz CT molecular complexity index is 494. The first-order valence-electron chi connectivity index (χ1n) is 7.30. The fourth-order valence-corrected chi connectivity index (χ4v) is 2.12. The van der Waals surface area contributed by atoms with Crippen LogP contribution < -0.4 is 15.4 Å². The first-order valence-corrected chi connectivity index (χ1v) is 7.30. The minimum Gasteiger partial charge on any atom is -0.475 e. The molecule has 0 saturated carbocycles. The molecule has 1 aliphatic heterocycles. The molecule has 2 heterocycles. The van der Waals surface area contributed by atoms with E-state index in [1.807, 2.05) is 6.07 Å². The van der Waals surface area contributed by atoms with Crippen LogP contribution in [0.4, 0.5) is 0 Å². The number of nitrogens with zero attached hydrogens (tertiary/aromatic N) is 1. The lowest BCUT2D eigenvalue weighted by Gasteiger charge is -2.21. The molecule has 22 heavy (non-hydrogen) atoms. The van der Waals surface area contributed by atoms with Gasteiger partial charge in [0.25, 0.3) is 0 Å². The molecule has 0 spiro atoms. The molecule has 0 radical (unpaired) electrons. The summed E-state index contributed by atoms with van der Waals surface area (Å²) in [4.78, 5) is 27.2. The van der Waals surface area contributed by atoms with Gasteiger partial charge in [-0.05, 0) is 12.0 Å². The van der Waals surface area contributed by atoms with Gasteiger partial charge >= 0.3 is 0 Å². The predicted octanol–water partition coefficient (Wildman–Crippen LogP) is 0.249. The van der Waals surface area contributed by atoms with E-state index in [2.05, 4.69) is 15.6 Å². The molecule has 1 aliphatic rings. The molecule has 2 rings (SSSR count). The SMILES string of the molecule is COCCOc1ccc(CNC(=O)[C@H]2CCC(=O)NC2)cn1. The summed E-state index contributed by atoms with van der Waals surface area (Å²) in [5, 5.41) is 5.57. The first-order chi connectivity index (χ1) is 10.7. The van der Waals surface area contributed by atoms with E-state index in [4.69, 9.17) is 9.47 Å². The molecule has 1 saturated heterocycles. The molecule has 0 aliphatic carbocycles. The van der Waals surface area contributed by atoms with E-state index in [0.717, 1.165) is 5.56 Å². The van der Waals surface area contributed by atoms with Crippen LogP contribution in [-0.2, 0) is 20.9 Å². The standard InChI is InChI=1S/C15H21N3O4/c1-21-6-7-22-14-5-2-11(8-17-14)9-18-15(20)12-3-4-13(19)16-10-12/h2,5,8,12H,3-4,6-7,9-10H2,1H3,(H,16,19)(H,18,20)/t12-/m0/s1. The Morgan fingerprint density at radius 3 is 2.95 bits per heavy atom. The largest absolute Gasteiger partial charge is 0.475 e. The van der Waals surface area contributed by atoms with Crippen LogP contribution in [0, 0.1) is 5.92 Å². The van der Waals surface area contributed by atoms with Gasteiger partial charge in [-0.25, -0.2) is 4.98 Å². The maximum absolute atomic E-state index is 12.0. The average Bonchev–Trinajstić information content (AvgIpc) is 2.55. The Hall–Kier alpha value is -2.15. The molecule has 1 aromatic heterocycles. The summed E-state index contributed by atoms with van der Waals surface area (Å²) in [5.41, 5.74) is 0.896. The van der Waals surface area contributed by atoms with Crippen LogP contribution in [0.5, 0.6) is 5.88 Å². The van der Waals surface area contributed by atoms with Crippen molar-refractivity contribution in [3.8, 4) is 5.88 Å². The second-order valence-electron chi connectivity index (χ2n) is 5.10. The van der Waals surface area contributed by atoms with Crippen LogP contribution in [0.25, 0.3) is 0 Å². The molecular weight excluding hydrogens is 286 g/mol. The van der Waals surface area contributed by atoms with Crippen molar-refractivity contribution in [2.24, 2.45) is 5.92 Å². The maximum Gasteiger partial charge on any atom is 0.225 e. The summed E-state index contributed by atoms with van der Waals surface area (Å²) >= 11 is 0. The van der Waals surface area contributed by atoms with Gasteiger partial charge in [-0.2, -0.15) is 0 Å². The number of ether oxygens (including phenoxy) is 2. The number of hydrogen-bond donors (Lipinski definition) is 2. The number of pyridine rings is 1. The fourth-order valence-electron chi connectivity index (χ4n) is 2.12. The van der Waals surface area contributed by atoms with Crippen molar-refractivity contribution in [3.05, 3.63) is 23.9 Å². The Morgan fingerprint density at radius 2 is 2.32 bits per heavy atom. The zero-order chi connectivity index (χ0) is 15.8. The number of amides is 2. The highest BCUT2D eigenvalue weighted by molar-refractivity contribution is 5.83. The maximum atomic E-state index is 12.0. The smallest absolute Gasteiger partial charge is 0.225 e. The molecule has 1 aromatic rings. The fraction of sp³-hybridized carbons (Fsp3) is 0.533. The number of methoxy groups -OCH3 is 1. The molecule has 2 N–H and O–H groups in total. The lowest BCUT2D eigenvalue weighted by atomic mass is 9.98. The Labute approximate surface area is 129 Å². The minimum atomic E-state index is -0.151. The number of nitrogens with one attached hydrogen (secondary N) is 2. The summed E-state index contributed by atoms with van der Waals surface area (Å²) in [6, 6.07) is 3.62. The van der Waals surface area contributed by atoms with Crippen molar-refractivity contribution in [2.45, 2.75) is 19.4 Å². The van der Waals surface area contributed by atoms with Gasteiger partial charge in [0, 0.05) is 38.9 Å². The molecule has 1 atom stereocenters. The van der Waals surface area contributed by atoms with Crippen molar-refractivity contribution in [1.29, 1.82) is 0 Å². The highest BCUT2D eigenvalue weighted by Crippen LogP contribution is 2.12. The summed E-state index contributed by atoms with van der Waals surface area (Å²) in [6.45, 7) is 1.79. The van der Waals surface area contributed by atoms with E-state index >= 15 is 0 Å². The Morgan fingerprint density at radius 1 is 1.45 bits per heavy atom. The summed E-state index contributed by atoms with van der Waals surface area (Å²) in [5.74, 6) is 0.349. The van der Waals surface area contributed by atoms with Gasteiger partial charge < -0.3 is 20.1 Å². The third-order valence-electron chi connectivity index (χ3n) is 3.44. The van der Waals surface area contributed by atoms with Gasteiger partial charge in [-0.3, -0.25) is 9.59 Å². The van der Waals surface area contributed by atoms with Crippen LogP contribution >= 0.6 is 0 Å². The van der Waals surface area contributed by atoms with Crippen molar-refractivity contribution < 1.29 is 19.1 Å².